The molecule has 0 spiro atoms. The van der Waals surface area contributed by atoms with Crippen molar-refractivity contribution < 1.29 is 0 Å². The summed E-state index contributed by atoms with van der Waals surface area (Å²) in [7, 11) is 0. The van der Waals surface area contributed by atoms with E-state index in [1.54, 1.807) is 5.57 Å². The molecule has 0 radical (unpaired) electrons. The molecular weight excluding hydrogens is 204 g/mol. The van der Waals surface area contributed by atoms with Crippen molar-refractivity contribution >= 4 is 10.8 Å². The summed E-state index contributed by atoms with van der Waals surface area (Å²) >= 11 is 0. The number of rotatable bonds is 1. The van der Waals surface area contributed by atoms with Gasteiger partial charge in [0, 0.05) is 5.92 Å². The minimum Gasteiger partial charge on any atom is -0.0764 e. The molecule has 1 fully saturated rings. The quantitative estimate of drug-likeness (QED) is 0.663. The maximum Gasteiger partial charge on any atom is 0.00900 e. The Morgan fingerprint density at radius 1 is 0.941 bits per heavy atom. The van der Waals surface area contributed by atoms with Gasteiger partial charge in [-0.15, -0.1) is 0 Å². The van der Waals surface area contributed by atoms with Crippen LogP contribution >= 0.6 is 0 Å². The highest BCUT2D eigenvalue weighted by molar-refractivity contribution is 5.83. The topological polar surface area (TPSA) is 0 Å². The predicted molar refractivity (Wildman–Crippen MR) is 72.0 cm³/mol. The minimum atomic E-state index is 0.611. The highest BCUT2D eigenvalue weighted by Crippen LogP contribution is 2.51. The first kappa shape index (κ1) is 9.23. The summed E-state index contributed by atoms with van der Waals surface area (Å²) in [6.45, 7) is 0. The summed E-state index contributed by atoms with van der Waals surface area (Å²) in [6.07, 6.45) is 8.15. The van der Waals surface area contributed by atoms with Crippen LogP contribution in [0.25, 0.3) is 10.8 Å². The summed E-state index contributed by atoms with van der Waals surface area (Å²) in [5.74, 6) is 1.40. The minimum absolute atomic E-state index is 0.611. The number of hydrogen-bond acceptors (Lipinski definition) is 0. The van der Waals surface area contributed by atoms with Gasteiger partial charge in [0.25, 0.3) is 0 Å². The molecule has 0 amide bonds. The van der Waals surface area contributed by atoms with Crippen molar-refractivity contribution in [2.24, 2.45) is 5.92 Å². The first-order chi connectivity index (χ1) is 8.42. The van der Waals surface area contributed by atoms with Crippen molar-refractivity contribution in [2.75, 3.05) is 0 Å². The molecule has 2 atom stereocenters. The van der Waals surface area contributed by atoms with Crippen molar-refractivity contribution in [1.82, 2.24) is 0 Å². The molecule has 0 aromatic heterocycles. The van der Waals surface area contributed by atoms with E-state index in [1.165, 1.54) is 22.8 Å². The lowest BCUT2D eigenvalue weighted by Crippen LogP contribution is -1.99. The largest absolute Gasteiger partial charge is 0.0764 e. The molecule has 4 rings (SSSR count). The fraction of sp³-hybridized carbons (Fsp3) is 0.176. The van der Waals surface area contributed by atoms with Crippen LogP contribution in [0.2, 0.25) is 0 Å². The van der Waals surface area contributed by atoms with Crippen molar-refractivity contribution in [3.8, 4) is 0 Å². The SMILES string of the molecule is C1=CC(c2ccc3ccccc3c2)C2CC2=C1. The number of hydrogen-bond donors (Lipinski definition) is 0. The molecule has 0 heteroatoms. The Morgan fingerprint density at radius 2 is 1.82 bits per heavy atom. The monoisotopic (exact) mass is 218 g/mol. The molecule has 0 bridgehead atoms. The third-order valence-electron chi connectivity index (χ3n) is 3.99. The van der Waals surface area contributed by atoms with Crippen LogP contribution in [0.4, 0.5) is 0 Å². The van der Waals surface area contributed by atoms with Gasteiger partial charge in [-0.05, 0) is 28.7 Å². The molecule has 2 aliphatic carbocycles. The first-order valence-corrected chi connectivity index (χ1v) is 6.28. The van der Waals surface area contributed by atoms with Crippen molar-refractivity contribution in [2.45, 2.75) is 12.3 Å². The van der Waals surface area contributed by atoms with E-state index >= 15 is 0 Å². The van der Waals surface area contributed by atoms with Crippen LogP contribution < -0.4 is 0 Å². The molecular formula is C17H14. The first-order valence-electron chi connectivity index (χ1n) is 6.28. The van der Waals surface area contributed by atoms with Crippen LogP contribution in [0.5, 0.6) is 0 Å². The maximum atomic E-state index is 2.35. The van der Waals surface area contributed by atoms with Crippen molar-refractivity contribution in [3.63, 3.8) is 0 Å². The Labute approximate surface area is 101 Å². The van der Waals surface area contributed by atoms with Gasteiger partial charge in [0.15, 0.2) is 0 Å². The highest BCUT2D eigenvalue weighted by atomic mass is 14.4. The molecule has 2 aromatic carbocycles. The molecule has 2 unspecified atom stereocenters. The second kappa shape index (κ2) is 3.33. The summed E-state index contributed by atoms with van der Waals surface area (Å²) in [5, 5.41) is 2.69. The third-order valence-corrected chi connectivity index (χ3v) is 3.99. The lowest BCUT2D eigenvalue weighted by atomic mass is 9.90. The molecule has 2 aliphatic rings. The second-order valence-corrected chi connectivity index (χ2v) is 5.07. The Morgan fingerprint density at radius 3 is 2.76 bits per heavy atom. The van der Waals surface area contributed by atoms with Crippen LogP contribution in [0.15, 0.2) is 66.3 Å². The van der Waals surface area contributed by atoms with E-state index in [4.69, 9.17) is 0 Å². The van der Waals surface area contributed by atoms with E-state index in [2.05, 4.69) is 60.7 Å². The van der Waals surface area contributed by atoms with Gasteiger partial charge in [0.1, 0.15) is 0 Å². The summed E-state index contributed by atoms with van der Waals surface area (Å²) < 4.78 is 0. The maximum absolute atomic E-state index is 2.35. The summed E-state index contributed by atoms with van der Waals surface area (Å²) in [6, 6.07) is 15.5. The molecule has 0 saturated heterocycles. The molecule has 0 aliphatic heterocycles. The predicted octanol–water partition coefficient (Wildman–Crippen LogP) is 4.44. The fourth-order valence-electron chi connectivity index (χ4n) is 2.94. The van der Waals surface area contributed by atoms with Gasteiger partial charge in [-0.2, -0.15) is 0 Å². The normalized spacial score (nSPS) is 25.5. The van der Waals surface area contributed by atoms with Gasteiger partial charge in [-0.25, -0.2) is 0 Å². The molecule has 0 heterocycles. The Bertz CT molecular complexity index is 646. The molecule has 0 nitrogen and oxygen atoms in total. The van der Waals surface area contributed by atoms with E-state index in [1.807, 2.05) is 0 Å². The van der Waals surface area contributed by atoms with E-state index in [9.17, 15) is 0 Å². The van der Waals surface area contributed by atoms with Crippen LogP contribution in [-0.4, -0.2) is 0 Å². The van der Waals surface area contributed by atoms with Crippen LogP contribution in [-0.2, 0) is 0 Å². The Hall–Kier alpha value is -1.82. The zero-order chi connectivity index (χ0) is 11.2. The van der Waals surface area contributed by atoms with E-state index in [0.717, 1.165) is 5.92 Å². The van der Waals surface area contributed by atoms with Crippen LogP contribution in [0.3, 0.4) is 0 Å². The lowest BCUT2D eigenvalue weighted by Gasteiger charge is -2.14. The smallest absolute Gasteiger partial charge is 0.00900 e. The molecule has 82 valence electrons. The van der Waals surface area contributed by atoms with Crippen molar-refractivity contribution in [3.05, 3.63) is 71.8 Å². The zero-order valence-electron chi connectivity index (χ0n) is 9.64. The van der Waals surface area contributed by atoms with Gasteiger partial charge in [-0.1, -0.05) is 66.3 Å². The van der Waals surface area contributed by atoms with Crippen molar-refractivity contribution in [1.29, 1.82) is 0 Å². The molecule has 0 N–H and O–H groups in total. The summed E-state index contributed by atoms with van der Waals surface area (Å²) in [4.78, 5) is 0. The van der Waals surface area contributed by atoms with Gasteiger partial charge in [0.2, 0.25) is 0 Å². The fourth-order valence-corrected chi connectivity index (χ4v) is 2.94. The summed E-state index contributed by atoms with van der Waals surface area (Å²) in [5.41, 5.74) is 3.10. The zero-order valence-corrected chi connectivity index (χ0v) is 9.64. The van der Waals surface area contributed by atoms with Gasteiger partial charge < -0.3 is 0 Å². The molecule has 17 heavy (non-hydrogen) atoms. The average molecular weight is 218 g/mol. The Balaban J connectivity index is 1.81. The highest BCUT2D eigenvalue weighted by Gasteiger charge is 2.37. The van der Waals surface area contributed by atoms with Gasteiger partial charge in [0.05, 0.1) is 0 Å². The standard InChI is InChI=1S/C17H14/c1-2-5-13-10-15(9-8-12(13)4-1)16-7-3-6-14-11-17(14)16/h1-10,16-17H,11H2. The molecule has 1 saturated carbocycles. The Kier molecular flexibility index (Phi) is 1.81. The van der Waals surface area contributed by atoms with Crippen LogP contribution in [0.1, 0.15) is 17.9 Å². The molecule has 2 aromatic rings. The number of benzene rings is 2. The van der Waals surface area contributed by atoms with E-state index in [0.29, 0.717) is 5.92 Å². The average Bonchev–Trinajstić information content (AvgIpc) is 3.17. The van der Waals surface area contributed by atoms with E-state index < -0.39 is 0 Å². The van der Waals surface area contributed by atoms with E-state index in [-0.39, 0.29) is 0 Å². The number of fused-ring (bicyclic) bond motifs is 2. The number of allylic oxidation sites excluding steroid dienone is 4. The van der Waals surface area contributed by atoms with Gasteiger partial charge in [-0.3, -0.25) is 0 Å². The second-order valence-electron chi connectivity index (χ2n) is 5.07. The van der Waals surface area contributed by atoms with Gasteiger partial charge >= 0.3 is 0 Å². The lowest BCUT2D eigenvalue weighted by molar-refractivity contribution is 0.747. The third kappa shape index (κ3) is 1.44. The van der Waals surface area contributed by atoms with Crippen LogP contribution in [0, 0.1) is 5.92 Å².